The van der Waals surface area contributed by atoms with Crippen molar-refractivity contribution in [1.82, 2.24) is 24.7 Å². The molecule has 0 saturated carbocycles. The quantitative estimate of drug-likeness (QED) is 0.605. The molecule has 0 fully saturated rings. The van der Waals surface area contributed by atoms with E-state index in [1.165, 1.54) is 13.2 Å². The zero-order valence-corrected chi connectivity index (χ0v) is 16.9. The van der Waals surface area contributed by atoms with E-state index in [9.17, 15) is 4.39 Å². The summed E-state index contributed by atoms with van der Waals surface area (Å²) in [5.41, 5.74) is 7.67. The van der Waals surface area contributed by atoms with Gasteiger partial charge in [0.1, 0.15) is 17.2 Å². The molecule has 1 aliphatic rings. The van der Waals surface area contributed by atoms with Gasteiger partial charge in [-0.05, 0) is 6.92 Å². The maximum atomic E-state index is 13.7. The molecule has 156 valence electrons. The Bertz CT molecular complexity index is 1180. The SMILES string of the molecule is COc1ncc(F)cc1N=C(C)/C1=C(\N)OCCCn2nc(Cl)c3cnc(nc32)N1. The van der Waals surface area contributed by atoms with Gasteiger partial charge in [-0.25, -0.2) is 24.0 Å². The van der Waals surface area contributed by atoms with E-state index in [2.05, 4.69) is 30.4 Å². The van der Waals surface area contributed by atoms with Gasteiger partial charge in [-0.2, -0.15) is 10.1 Å². The van der Waals surface area contributed by atoms with Crippen LogP contribution in [0.3, 0.4) is 0 Å². The molecule has 0 aliphatic carbocycles. The number of halogens is 2. The second kappa shape index (κ2) is 8.11. The van der Waals surface area contributed by atoms with Gasteiger partial charge in [0.05, 0.1) is 31.0 Å². The summed E-state index contributed by atoms with van der Waals surface area (Å²) in [7, 11) is 1.42. The number of aliphatic imine (C=N–C) groups is 1. The third-order valence-corrected chi connectivity index (χ3v) is 4.62. The van der Waals surface area contributed by atoms with Crippen LogP contribution >= 0.6 is 11.6 Å². The summed E-state index contributed by atoms with van der Waals surface area (Å²) in [4.78, 5) is 17.1. The molecular weight excluding hydrogens is 415 g/mol. The van der Waals surface area contributed by atoms with Crippen molar-refractivity contribution >= 4 is 40.0 Å². The van der Waals surface area contributed by atoms with Gasteiger partial charge in [-0.3, -0.25) is 0 Å². The highest BCUT2D eigenvalue weighted by Gasteiger charge is 2.18. The van der Waals surface area contributed by atoms with E-state index in [0.29, 0.717) is 47.2 Å². The Morgan fingerprint density at radius 3 is 3.03 bits per heavy atom. The van der Waals surface area contributed by atoms with Crippen molar-refractivity contribution in [1.29, 1.82) is 0 Å². The maximum Gasteiger partial charge on any atom is 0.239 e. The Labute approximate surface area is 175 Å². The summed E-state index contributed by atoms with van der Waals surface area (Å²) in [6.45, 7) is 2.56. The third kappa shape index (κ3) is 3.83. The van der Waals surface area contributed by atoms with Crippen LogP contribution in [0.5, 0.6) is 5.88 Å². The first kappa shape index (κ1) is 19.8. The third-order valence-electron chi connectivity index (χ3n) is 4.34. The zero-order chi connectivity index (χ0) is 21.3. The number of aromatic nitrogens is 5. The number of nitrogens with two attached hydrogens (primary N) is 1. The van der Waals surface area contributed by atoms with E-state index in [4.69, 9.17) is 26.8 Å². The molecule has 3 N–H and O–H groups in total. The highest BCUT2D eigenvalue weighted by Crippen LogP contribution is 2.27. The minimum absolute atomic E-state index is 0.0980. The van der Waals surface area contributed by atoms with Gasteiger partial charge in [0, 0.05) is 25.2 Å². The number of ether oxygens (including phenoxy) is 2. The van der Waals surface area contributed by atoms with Gasteiger partial charge in [-0.15, -0.1) is 0 Å². The predicted molar refractivity (Wildman–Crippen MR) is 109 cm³/mol. The van der Waals surface area contributed by atoms with Crippen LogP contribution in [0.4, 0.5) is 16.0 Å². The van der Waals surface area contributed by atoms with Crippen LogP contribution in [-0.4, -0.2) is 44.2 Å². The zero-order valence-electron chi connectivity index (χ0n) is 16.2. The molecule has 3 aromatic rings. The van der Waals surface area contributed by atoms with Gasteiger partial charge in [0.25, 0.3) is 0 Å². The van der Waals surface area contributed by atoms with Crippen molar-refractivity contribution in [2.45, 2.75) is 19.9 Å². The number of hydrogen-bond donors (Lipinski definition) is 2. The maximum absolute atomic E-state index is 13.7. The Balaban J connectivity index is 1.78. The lowest BCUT2D eigenvalue weighted by Gasteiger charge is -2.14. The first-order chi connectivity index (χ1) is 14.5. The van der Waals surface area contributed by atoms with Crippen molar-refractivity contribution in [2.24, 2.45) is 10.7 Å². The van der Waals surface area contributed by atoms with Crippen LogP contribution in [0.25, 0.3) is 11.0 Å². The number of aryl methyl sites for hydroxylation is 1. The van der Waals surface area contributed by atoms with Crippen LogP contribution in [-0.2, 0) is 11.3 Å². The molecule has 0 amide bonds. The van der Waals surface area contributed by atoms with Crippen molar-refractivity contribution in [2.75, 3.05) is 19.0 Å². The van der Waals surface area contributed by atoms with Crippen molar-refractivity contribution in [3.8, 4) is 5.88 Å². The fraction of sp³-hybridized carbons (Fsp3) is 0.278. The number of nitrogens with zero attached hydrogens (tertiary/aromatic N) is 6. The standard InChI is InChI=1S/C18H18ClFN8O2/c1-9(24-12-6-10(20)7-22-17(12)29-2)13-15(21)30-5-3-4-28-16-11(14(19)27-28)8-23-18(25-13)26-16/h6-8H,3-5,21H2,1-2H3,(H,23,25,26)/b15-13-,24-9?. The fourth-order valence-corrected chi connectivity index (χ4v) is 3.16. The number of allylic oxidation sites excluding steroid dienone is 1. The minimum atomic E-state index is -0.546. The first-order valence-corrected chi connectivity index (χ1v) is 9.38. The van der Waals surface area contributed by atoms with Crippen LogP contribution in [0.15, 0.2) is 35.0 Å². The molecule has 4 heterocycles. The van der Waals surface area contributed by atoms with Crippen molar-refractivity contribution in [3.05, 3.63) is 41.0 Å². The largest absolute Gasteiger partial charge is 0.479 e. The summed E-state index contributed by atoms with van der Waals surface area (Å²) in [6, 6.07) is 1.21. The molecule has 0 saturated heterocycles. The predicted octanol–water partition coefficient (Wildman–Crippen LogP) is 2.78. The lowest BCUT2D eigenvalue weighted by Crippen LogP contribution is -2.19. The lowest BCUT2D eigenvalue weighted by atomic mass is 10.3. The number of hydrogen-bond acceptors (Lipinski definition) is 9. The van der Waals surface area contributed by atoms with E-state index in [1.807, 2.05) is 0 Å². The molecule has 0 aromatic carbocycles. The molecule has 4 rings (SSSR count). The van der Waals surface area contributed by atoms with Crippen LogP contribution in [0.2, 0.25) is 5.15 Å². The first-order valence-electron chi connectivity index (χ1n) is 9.00. The van der Waals surface area contributed by atoms with Crippen molar-refractivity contribution in [3.63, 3.8) is 0 Å². The molecule has 0 spiro atoms. The summed E-state index contributed by atoms with van der Waals surface area (Å²) in [5.74, 6) is -0.0258. The van der Waals surface area contributed by atoms with Gasteiger partial charge < -0.3 is 20.5 Å². The number of pyridine rings is 1. The second-order valence-corrected chi connectivity index (χ2v) is 6.75. The van der Waals surface area contributed by atoms with Crippen molar-refractivity contribution < 1.29 is 13.9 Å². The molecule has 1 aliphatic heterocycles. The summed E-state index contributed by atoms with van der Waals surface area (Å²) in [5, 5.41) is 8.28. The fourth-order valence-electron chi connectivity index (χ4n) is 2.94. The highest BCUT2D eigenvalue weighted by atomic mass is 35.5. The average molecular weight is 433 g/mol. The number of rotatable bonds is 3. The smallest absolute Gasteiger partial charge is 0.239 e. The minimum Gasteiger partial charge on any atom is -0.479 e. The highest BCUT2D eigenvalue weighted by molar-refractivity contribution is 6.34. The molecule has 0 radical (unpaired) electrons. The molecule has 0 atom stereocenters. The Morgan fingerprint density at radius 1 is 1.40 bits per heavy atom. The molecule has 0 unspecified atom stereocenters. The number of methoxy groups -OCH3 is 1. The monoisotopic (exact) mass is 432 g/mol. The molecular formula is C18H18ClFN8O2. The van der Waals surface area contributed by atoms with Gasteiger partial charge >= 0.3 is 0 Å². The van der Waals surface area contributed by atoms with E-state index < -0.39 is 5.82 Å². The van der Waals surface area contributed by atoms with Gasteiger partial charge in [0.2, 0.25) is 17.7 Å². The second-order valence-electron chi connectivity index (χ2n) is 6.39. The summed E-state index contributed by atoms with van der Waals surface area (Å²) < 4.78 is 26.2. The van der Waals surface area contributed by atoms with E-state index in [0.717, 1.165) is 6.20 Å². The Hall–Kier alpha value is -3.47. The Kier molecular flexibility index (Phi) is 5.36. The van der Waals surface area contributed by atoms with Crippen LogP contribution in [0, 0.1) is 5.82 Å². The van der Waals surface area contributed by atoms with E-state index in [-0.39, 0.29) is 23.4 Å². The number of fused-ring (bicyclic) bond motifs is 1. The molecule has 30 heavy (non-hydrogen) atoms. The summed E-state index contributed by atoms with van der Waals surface area (Å²) >= 11 is 6.17. The average Bonchev–Trinajstić information content (AvgIpc) is 3.03. The topological polar surface area (TPSA) is 125 Å². The summed E-state index contributed by atoms with van der Waals surface area (Å²) in [6.07, 6.45) is 3.25. The number of nitrogens with one attached hydrogen (secondary N) is 1. The molecule has 3 aromatic heterocycles. The van der Waals surface area contributed by atoms with Crippen LogP contribution < -0.4 is 15.8 Å². The molecule has 10 nitrogen and oxygen atoms in total. The normalized spacial score (nSPS) is 17.4. The Morgan fingerprint density at radius 2 is 2.23 bits per heavy atom. The van der Waals surface area contributed by atoms with E-state index >= 15 is 0 Å². The van der Waals surface area contributed by atoms with Gasteiger partial charge in [0.15, 0.2) is 10.8 Å². The van der Waals surface area contributed by atoms with E-state index in [1.54, 1.807) is 17.8 Å². The lowest BCUT2D eigenvalue weighted by molar-refractivity contribution is 0.198. The van der Waals surface area contributed by atoms with Crippen LogP contribution in [0.1, 0.15) is 13.3 Å². The number of anilines is 1. The molecule has 2 bridgehead atoms. The van der Waals surface area contributed by atoms with Gasteiger partial charge in [-0.1, -0.05) is 11.6 Å². The molecule has 12 heteroatoms.